The lowest BCUT2D eigenvalue weighted by atomic mass is 10.4. The fourth-order valence-electron chi connectivity index (χ4n) is 1.43. The summed E-state index contributed by atoms with van der Waals surface area (Å²) in [6.45, 7) is 5.39. The summed E-state index contributed by atoms with van der Waals surface area (Å²) in [5, 5.41) is 8.91. The molecule has 0 saturated heterocycles. The summed E-state index contributed by atoms with van der Waals surface area (Å²) in [4.78, 5) is 19.6. The molecule has 0 aliphatic rings. The molecule has 3 N–H and O–H groups in total. The molecule has 1 rings (SSSR count). The number of hydrogen-bond donors (Lipinski definition) is 3. The molecule has 6 nitrogen and oxygen atoms in total. The van der Waals surface area contributed by atoms with Crippen LogP contribution in [0, 0.1) is 6.92 Å². The van der Waals surface area contributed by atoms with Gasteiger partial charge in [0.2, 0.25) is 5.91 Å². The first kappa shape index (κ1) is 14.2. The zero-order valence-electron chi connectivity index (χ0n) is 11.2. The number of nitrogens with one attached hydrogen (secondary N) is 3. The van der Waals surface area contributed by atoms with Crippen LogP contribution in [0.15, 0.2) is 6.07 Å². The highest BCUT2D eigenvalue weighted by molar-refractivity contribution is 5.76. The Balaban J connectivity index is 2.54. The summed E-state index contributed by atoms with van der Waals surface area (Å²) < 4.78 is 0. The summed E-state index contributed by atoms with van der Waals surface area (Å²) >= 11 is 0. The van der Waals surface area contributed by atoms with Crippen LogP contribution in [0.2, 0.25) is 0 Å². The Morgan fingerprint density at radius 1 is 1.22 bits per heavy atom. The van der Waals surface area contributed by atoms with Crippen molar-refractivity contribution in [1.29, 1.82) is 0 Å². The van der Waals surface area contributed by atoms with E-state index in [-0.39, 0.29) is 5.91 Å². The lowest BCUT2D eigenvalue weighted by molar-refractivity contribution is -0.120. The molecule has 0 aliphatic carbocycles. The fraction of sp³-hybridized carbons (Fsp3) is 0.583. The fourth-order valence-corrected chi connectivity index (χ4v) is 1.43. The normalized spacial score (nSPS) is 9.94. The van der Waals surface area contributed by atoms with E-state index < -0.39 is 0 Å². The van der Waals surface area contributed by atoms with Gasteiger partial charge in [-0.05, 0) is 13.3 Å². The van der Waals surface area contributed by atoms with Crippen LogP contribution in [-0.2, 0) is 4.79 Å². The Morgan fingerprint density at radius 3 is 2.39 bits per heavy atom. The molecule has 1 aromatic heterocycles. The number of aromatic nitrogens is 2. The van der Waals surface area contributed by atoms with Gasteiger partial charge in [-0.2, -0.15) is 0 Å². The van der Waals surface area contributed by atoms with E-state index in [0.717, 1.165) is 24.6 Å². The first-order valence-electron chi connectivity index (χ1n) is 6.19. The second kappa shape index (κ2) is 7.47. The summed E-state index contributed by atoms with van der Waals surface area (Å²) in [6.07, 6.45) is 1.47. The van der Waals surface area contributed by atoms with Gasteiger partial charge in [-0.25, -0.2) is 9.97 Å². The van der Waals surface area contributed by atoms with Gasteiger partial charge >= 0.3 is 0 Å². The highest BCUT2D eigenvalue weighted by Crippen LogP contribution is 2.10. The standard InChI is InChI=1S/C12H21N5O/c1-4-6-14-10-8-11(17-9(2)16-10)15-7-5-12(18)13-3/h8H,4-7H2,1-3H3,(H,13,18)(H2,14,15,16,17). The molecule has 1 aromatic rings. The molecule has 0 unspecified atom stereocenters. The Kier molecular flexibility index (Phi) is 5.90. The maximum absolute atomic E-state index is 11.1. The molecule has 0 aromatic carbocycles. The van der Waals surface area contributed by atoms with E-state index in [1.165, 1.54) is 0 Å². The molecular formula is C12H21N5O. The van der Waals surface area contributed by atoms with Crippen molar-refractivity contribution in [3.8, 4) is 0 Å². The molecule has 1 heterocycles. The third-order valence-corrected chi connectivity index (χ3v) is 2.33. The molecule has 0 aliphatic heterocycles. The van der Waals surface area contributed by atoms with Crippen LogP contribution in [0.5, 0.6) is 0 Å². The van der Waals surface area contributed by atoms with Gasteiger partial charge in [-0.1, -0.05) is 6.92 Å². The number of anilines is 2. The van der Waals surface area contributed by atoms with Crippen molar-refractivity contribution in [2.24, 2.45) is 0 Å². The van der Waals surface area contributed by atoms with Gasteiger partial charge in [0, 0.05) is 32.6 Å². The molecule has 0 radical (unpaired) electrons. The first-order chi connectivity index (χ1) is 8.65. The predicted molar refractivity (Wildman–Crippen MR) is 72.7 cm³/mol. The Labute approximate surface area is 108 Å². The van der Waals surface area contributed by atoms with Crippen molar-refractivity contribution < 1.29 is 4.79 Å². The number of rotatable bonds is 7. The highest BCUT2D eigenvalue weighted by Gasteiger charge is 2.02. The minimum Gasteiger partial charge on any atom is -0.370 e. The van der Waals surface area contributed by atoms with Crippen molar-refractivity contribution in [2.75, 3.05) is 30.8 Å². The van der Waals surface area contributed by atoms with E-state index in [9.17, 15) is 4.79 Å². The zero-order chi connectivity index (χ0) is 13.4. The van der Waals surface area contributed by atoms with Gasteiger partial charge < -0.3 is 16.0 Å². The second-order valence-corrected chi connectivity index (χ2v) is 3.96. The minimum atomic E-state index is 0.0117. The molecule has 1 amide bonds. The minimum absolute atomic E-state index is 0.0117. The predicted octanol–water partition coefficient (Wildman–Crippen LogP) is 1.15. The van der Waals surface area contributed by atoms with Gasteiger partial charge in [0.25, 0.3) is 0 Å². The van der Waals surface area contributed by atoms with E-state index in [1.54, 1.807) is 7.05 Å². The van der Waals surface area contributed by atoms with Crippen LogP contribution in [0.3, 0.4) is 0 Å². The van der Waals surface area contributed by atoms with Crippen molar-refractivity contribution in [2.45, 2.75) is 26.7 Å². The van der Waals surface area contributed by atoms with Gasteiger partial charge in [0.1, 0.15) is 17.5 Å². The lowest BCUT2D eigenvalue weighted by Crippen LogP contribution is -2.21. The average molecular weight is 251 g/mol. The highest BCUT2D eigenvalue weighted by atomic mass is 16.1. The van der Waals surface area contributed by atoms with E-state index >= 15 is 0 Å². The van der Waals surface area contributed by atoms with Gasteiger partial charge in [0.15, 0.2) is 0 Å². The average Bonchev–Trinajstić information content (AvgIpc) is 2.35. The SMILES string of the molecule is CCCNc1cc(NCCC(=O)NC)nc(C)n1. The third-order valence-electron chi connectivity index (χ3n) is 2.33. The summed E-state index contributed by atoms with van der Waals surface area (Å²) in [5.74, 6) is 2.27. The van der Waals surface area contributed by atoms with Crippen LogP contribution < -0.4 is 16.0 Å². The van der Waals surface area contributed by atoms with E-state index in [0.29, 0.717) is 18.8 Å². The first-order valence-corrected chi connectivity index (χ1v) is 6.19. The topological polar surface area (TPSA) is 78.9 Å². The van der Waals surface area contributed by atoms with Gasteiger partial charge in [-0.15, -0.1) is 0 Å². The van der Waals surface area contributed by atoms with Crippen LogP contribution in [0.4, 0.5) is 11.6 Å². The van der Waals surface area contributed by atoms with E-state index in [4.69, 9.17) is 0 Å². The molecule has 0 saturated carbocycles. The van der Waals surface area contributed by atoms with Gasteiger partial charge in [0.05, 0.1) is 0 Å². The van der Waals surface area contributed by atoms with Crippen molar-refractivity contribution in [3.05, 3.63) is 11.9 Å². The van der Waals surface area contributed by atoms with Crippen molar-refractivity contribution in [3.63, 3.8) is 0 Å². The Hall–Kier alpha value is -1.85. The second-order valence-electron chi connectivity index (χ2n) is 3.96. The van der Waals surface area contributed by atoms with Crippen LogP contribution in [0.25, 0.3) is 0 Å². The number of hydrogen-bond acceptors (Lipinski definition) is 5. The smallest absolute Gasteiger partial charge is 0.221 e. The number of carbonyl (C=O) groups excluding carboxylic acids is 1. The number of aryl methyl sites for hydroxylation is 1. The van der Waals surface area contributed by atoms with Crippen molar-refractivity contribution in [1.82, 2.24) is 15.3 Å². The van der Waals surface area contributed by atoms with E-state index in [2.05, 4.69) is 32.8 Å². The molecular weight excluding hydrogens is 230 g/mol. The summed E-state index contributed by atoms with van der Waals surface area (Å²) in [6, 6.07) is 1.85. The zero-order valence-corrected chi connectivity index (χ0v) is 11.2. The van der Waals surface area contributed by atoms with Crippen LogP contribution in [-0.4, -0.2) is 36.0 Å². The van der Waals surface area contributed by atoms with Crippen molar-refractivity contribution >= 4 is 17.5 Å². The molecule has 6 heteroatoms. The molecule has 0 bridgehead atoms. The maximum atomic E-state index is 11.1. The third kappa shape index (κ3) is 4.99. The quantitative estimate of drug-likeness (QED) is 0.677. The largest absolute Gasteiger partial charge is 0.370 e. The van der Waals surface area contributed by atoms with Crippen LogP contribution >= 0.6 is 0 Å². The summed E-state index contributed by atoms with van der Waals surface area (Å²) in [5.41, 5.74) is 0. The lowest BCUT2D eigenvalue weighted by Gasteiger charge is -2.09. The number of carbonyl (C=O) groups is 1. The molecule has 0 atom stereocenters. The Bertz CT molecular complexity index is 394. The summed E-state index contributed by atoms with van der Waals surface area (Å²) in [7, 11) is 1.63. The van der Waals surface area contributed by atoms with Crippen LogP contribution in [0.1, 0.15) is 25.6 Å². The van der Waals surface area contributed by atoms with Gasteiger partial charge in [-0.3, -0.25) is 4.79 Å². The monoisotopic (exact) mass is 251 g/mol. The molecule has 0 spiro atoms. The number of nitrogens with zero attached hydrogens (tertiary/aromatic N) is 2. The molecule has 100 valence electrons. The molecule has 0 fully saturated rings. The van der Waals surface area contributed by atoms with E-state index in [1.807, 2.05) is 13.0 Å². The number of amides is 1. The Morgan fingerprint density at radius 2 is 1.83 bits per heavy atom. The maximum Gasteiger partial charge on any atom is 0.221 e. The molecule has 18 heavy (non-hydrogen) atoms.